The highest BCUT2D eigenvalue weighted by atomic mass is 32.1. The molecule has 0 amide bonds. The van der Waals surface area contributed by atoms with E-state index in [1.165, 1.54) is 22.5 Å². The van der Waals surface area contributed by atoms with Gasteiger partial charge in [0, 0.05) is 31.0 Å². The Morgan fingerprint density at radius 3 is 2.71 bits per heavy atom. The molecule has 2 aromatic heterocycles. The van der Waals surface area contributed by atoms with Crippen molar-refractivity contribution >= 4 is 11.3 Å². The molecule has 1 N–H and O–H groups in total. The van der Waals surface area contributed by atoms with E-state index in [9.17, 15) is 0 Å². The molecular weight excluding hydrogens is 228 g/mol. The van der Waals surface area contributed by atoms with Crippen LogP contribution in [0.1, 0.15) is 35.5 Å². The second-order valence-electron chi connectivity index (χ2n) is 4.61. The van der Waals surface area contributed by atoms with Crippen LogP contribution in [0.3, 0.4) is 0 Å². The van der Waals surface area contributed by atoms with Crippen LogP contribution < -0.4 is 5.32 Å². The van der Waals surface area contributed by atoms with Gasteiger partial charge in [-0.15, -0.1) is 0 Å². The molecule has 0 saturated heterocycles. The SMILES string of the molecule is Cc1cc(CNC(C)c2ccsc2)c(C)n1C. The van der Waals surface area contributed by atoms with Crippen molar-refractivity contribution in [1.82, 2.24) is 9.88 Å². The lowest BCUT2D eigenvalue weighted by Crippen LogP contribution is -2.17. The van der Waals surface area contributed by atoms with Gasteiger partial charge in [-0.05, 0) is 54.8 Å². The van der Waals surface area contributed by atoms with E-state index in [-0.39, 0.29) is 0 Å². The van der Waals surface area contributed by atoms with Gasteiger partial charge in [0.1, 0.15) is 0 Å². The second kappa shape index (κ2) is 5.07. The van der Waals surface area contributed by atoms with E-state index in [2.05, 4.69) is 60.6 Å². The molecule has 2 heterocycles. The van der Waals surface area contributed by atoms with Crippen molar-refractivity contribution in [2.24, 2.45) is 7.05 Å². The van der Waals surface area contributed by atoms with Gasteiger partial charge in [0.2, 0.25) is 0 Å². The fourth-order valence-corrected chi connectivity index (χ4v) is 2.77. The Bertz CT molecular complexity index is 483. The van der Waals surface area contributed by atoms with E-state index in [4.69, 9.17) is 0 Å². The van der Waals surface area contributed by atoms with Gasteiger partial charge in [0.25, 0.3) is 0 Å². The highest BCUT2D eigenvalue weighted by Gasteiger charge is 2.09. The number of hydrogen-bond donors (Lipinski definition) is 1. The topological polar surface area (TPSA) is 17.0 Å². The molecule has 3 heteroatoms. The molecule has 0 aliphatic heterocycles. The number of nitrogens with one attached hydrogen (secondary N) is 1. The summed E-state index contributed by atoms with van der Waals surface area (Å²) in [6, 6.07) is 4.87. The van der Waals surface area contributed by atoms with Crippen LogP contribution >= 0.6 is 11.3 Å². The number of thiophene rings is 1. The highest BCUT2D eigenvalue weighted by molar-refractivity contribution is 7.07. The smallest absolute Gasteiger partial charge is 0.0303 e. The molecule has 0 bridgehead atoms. The Morgan fingerprint density at radius 2 is 2.18 bits per heavy atom. The lowest BCUT2D eigenvalue weighted by molar-refractivity contribution is 0.574. The van der Waals surface area contributed by atoms with Crippen molar-refractivity contribution < 1.29 is 0 Å². The summed E-state index contributed by atoms with van der Waals surface area (Å²) in [7, 11) is 2.12. The molecule has 0 radical (unpaired) electrons. The quantitative estimate of drug-likeness (QED) is 0.875. The zero-order valence-electron chi connectivity index (χ0n) is 10.9. The van der Waals surface area contributed by atoms with Crippen molar-refractivity contribution in [2.45, 2.75) is 33.4 Å². The first-order chi connectivity index (χ1) is 8.09. The maximum Gasteiger partial charge on any atom is 0.0303 e. The van der Waals surface area contributed by atoms with Crippen LogP contribution in [0.15, 0.2) is 22.9 Å². The predicted octanol–water partition coefficient (Wildman–Crippen LogP) is 3.55. The highest BCUT2D eigenvalue weighted by Crippen LogP contribution is 2.18. The van der Waals surface area contributed by atoms with Gasteiger partial charge in [0.15, 0.2) is 0 Å². The summed E-state index contributed by atoms with van der Waals surface area (Å²) in [5, 5.41) is 7.92. The van der Waals surface area contributed by atoms with Crippen molar-refractivity contribution in [3.63, 3.8) is 0 Å². The molecule has 0 saturated carbocycles. The summed E-state index contributed by atoms with van der Waals surface area (Å²) < 4.78 is 2.24. The number of aryl methyl sites for hydroxylation is 1. The largest absolute Gasteiger partial charge is 0.352 e. The normalized spacial score (nSPS) is 12.9. The molecule has 0 spiro atoms. The van der Waals surface area contributed by atoms with Gasteiger partial charge in [0.05, 0.1) is 0 Å². The Kier molecular flexibility index (Phi) is 3.69. The summed E-state index contributed by atoms with van der Waals surface area (Å²) in [5.41, 5.74) is 5.45. The first-order valence-electron chi connectivity index (χ1n) is 5.97. The van der Waals surface area contributed by atoms with Crippen molar-refractivity contribution in [3.8, 4) is 0 Å². The summed E-state index contributed by atoms with van der Waals surface area (Å²) >= 11 is 1.76. The van der Waals surface area contributed by atoms with E-state index >= 15 is 0 Å². The van der Waals surface area contributed by atoms with E-state index in [0.29, 0.717) is 6.04 Å². The van der Waals surface area contributed by atoms with Gasteiger partial charge in [-0.25, -0.2) is 0 Å². The molecule has 2 rings (SSSR count). The molecule has 0 aromatic carbocycles. The Morgan fingerprint density at radius 1 is 1.41 bits per heavy atom. The molecule has 1 unspecified atom stereocenters. The van der Waals surface area contributed by atoms with Crippen LogP contribution in [-0.4, -0.2) is 4.57 Å². The van der Waals surface area contributed by atoms with Gasteiger partial charge in [-0.1, -0.05) is 0 Å². The van der Waals surface area contributed by atoms with Gasteiger partial charge < -0.3 is 9.88 Å². The molecule has 17 heavy (non-hydrogen) atoms. The lowest BCUT2D eigenvalue weighted by atomic mass is 10.1. The molecular formula is C14H20N2S. The van der Waals surface area contributed by atoms with E-state index in [1.807, 2.05) is 0 Å². The lowest BCUT2D eigenvalue weighted by Gasteiger charge is -2.12. The van der Waals surface area contributed by atoms with Crippen LogP contribution in [0.4, 0.5) is 0 Å². The van der Waals surface area contributed by atoms with Crippen LogP contribution in [0.5, 0.6) is 0 Å². The summed E-state index contributed by atoms with van der Waals surface area (Å²) in [6.07, 6.45) is 0. The third-order valence-corrected chi connectivity index (χ3v) is 4.22. The summed E-state index contributed by atoms with van der Waals surface area (Å²) in [4.78, 5) is 0. The van der Waals surface area contributed by atoms with Crippen molar-refractivity contribution in [2.75, 3.05) is 0 Å². The summed E-state index contributed by atoms with van der Waals surface area (Å²) in [5.74, 6) is 0. The Labute approximate surface area is 107 Å². The van der Waals surface area contributed by atoms with E-state index in [0.717, 1.165) is 6.54 Å². The molecule has 0 fully saturated rings. The van der Waals surface area contributed by atoms with E-state index < -0.39 is 0 Å². The van der Waals surface area contributed by atoms with Crippen LogP contribution in [0.25, 0.3) is 0 Å². The molecule has 0 aliphatic rings. The summed E-state index contributed by atoms with van der Waals surface area (Å²) in [6.45, 7) is 7.48. The maximum atomic E-state index is 3.58. The Hall–Kier alpha value is -1.06. The first kappa shape index (κ1) is 12.4. The standard InChI is InChI=1S/C14H20N2S/c1-10-7-14(12(3)16(10)4)8-15-11(2)13-5-6-17-9-13/h5-7,9,11,15H,8H2,1-4H3. The number of aromatic nitrogens is 1. The average Bonchev–Trinajstić information content (AvgIpc) is 2.91. The number of nitrogens with zero attached hydrogens (tertiary/aromatic N) is 1. The minimum absolute atomic E-state index is 0.418. The average molecular weight is 248 g/mol. The third-order valence-electron chi connectivity index (χ3n) is 3.52. The Balaban J connectivity index is 2.00. The predicted molar refractivity (Wildman–Crippen MR) is 74.5 cm³/mol. The molecule has 1 atom stereocenters. The van der Waals surface area contributed by atoms with Crippen LogP contribution in [0.2, 0.25) is 0 Å². The van der Waals surface area contributed by atoms with Gasteiger partial charge in [-0.2, -0.15) is 11.3 Å². The molecule has 2 aromatic rings. The molecule has 0 aliphatic carbocycles. The second-order valence-corrected chi connectivity index (χ2v) is 5.39. The fourth-order valence-electron chi connectivity index (χ4n) is 2.01. The maximum absolute atomic E-state index is 3.58. The monoisotopic (exact) mass is 248 g/mol. The van der Waals surface area contributed by atoms with E-state index in [1.54, 1.807) is 11.3 Å². The fraction of sp³-hybridized carbons (Fsp3) is 0.429. The zero-order chi connectivity index (χ0) is 12.4. The van der Waals surface area contributed by atoms with Gasteiger partial charge >= 0.3 is 0 Å². The molecule has 92 valence electrons. The number of hydrogen-bond acceptors (Lipinski definition) is 2. The van der Waals surface area contributed by atoms with Crippen molar-refractivity contribution in [3.05, 3.63) is 45.4 Å². The van der Waals surface area contributed by atoms with Gasteiger partial charge in [-0.3, -0.25) is 0 Å². The minimum Gasteiger partial charge on any atom is -0.352 e. The third kappa shape index (κ3) is 2.61. The number of rotatable bonds is 4. The molecule has 2 nitrogen and oxygen atoms in total. The minimum atomic E-state index is 0.418. The van der Waals surface area contributed by atoms with Crippen molar-refractivity contribution in [1.29, 1.82) is 0 Å². The first-order valence-corrected chi connectivity index (χ1v) is 6.91. The van der Waals surface area contributed by atoms with Crippen LogP contribution in [-0.2, 0) is 13.6 Å². The van der Waals surface area contributed by atoms with Crippen LogP contribution in [0, 0.1) is 13.8 Å². The zero-order valence-corrected chi connectivity index (χ0v) is 11.8.